The zero-order valence-electron chi connectivity index (χ0n) is 10.3. The van der Waals surface area contributed by atoms with Gasteiger partial charge < -0.3 is 4.74 Å². The predicted molar refractivity (Wildman–Crippen MR) is 77.7 cm³/mol. The van der Waals surface area contributed by atoms with Crippen LogP contribution in [-0.4, -0.2) is 12.0 Å². The maximum atomic E-state index is 11.0. The molecule has 0 bridgehead atoms. The van der Waals surface area contributed by atoms with Crippen LogP contribution < -0.4 is 4.74 Å². The van der Waals surface area contributed by atoms with E-state index >= 15 is 0 Å². The first-order valence-electron chi connectivity index (χ1n) is 5.63. The number of rotatable bonds is 4. The van der Waals surface area contributed by atoms with Crippen molar-refractivity contribution in [2.45, 2.75) is 5.33 Å². The van der Waals surface area contributed by atoms with E-state index in [0.717, 1.165) is 16.9 Å². The molecule has 0 amide bonds. The van der Waals surface area contributed by atoms with Crippen molar-refractivity contribution in [3.05, 3.63) is 58.1 Å². The quantitative estimate of drug-likeness (QED) is 0.482. The van der Waals surface area contributed by atoms with Gasteiger partial charge in [0.15, 0.2) is 0 Å². The van der Waals surface area contributed by atoms with Gasteiger partial charge in [0.1, 0.15) is 5.75 Å². The van der Waals surface area contributed by atoms with Crippen LogP contribution in [0.5, 0.6) is 5.75 Å². The third-order valence-corrected chi connectivity index (χ3v) is 3.43. The summed E-state index contributed by atoms with van der Waals surface area (Å²) in [5, 5.41) is 11.5. The number of nitrogens with zero attached hydrogens (tertiary/aromatic N) is 1. The van der Waals surface area contributed by atoms with Crippen molar-refractivity contribution in [2.75, 3.05) is 7.11 Å². The Morgan fingerprint density at radius 3 is 2.58 bits per heavy atom. The second-order valence-electron chi connectivity index (χ2n) is 3.97. The highest BCUT2D eigenvalue weighted by Gasteiger charge is 2.14. The van der Waals surface area contributed by atoms with Crippen molar-refractivity contribution in [2.24, 2.45) is 0 Å². The average Bonchev–Trinajstić information content (AvgIpc) is 2.46. The molecule has 0 saturated heterocycles. The van der Waals surface area contributed by atoms with Crippen LogP contribution in [-0.2, 0) is 5.33 Å². The summed E-state index contributed by atoms with van der Waals surface area (Å²) in [5.41, 5.74) is 2.48. The number of nitro benzene ring substituents is 1. The van der Waals surface area contributed by atoms with E-state index in [1.807, 2.05) is 30.3 Å². The Hall–Kier alpha value is -1.88. The summed E-state index contributed by atoms with van der Waals surface area (Å²) in [6.07, 6.45) is 0. The first kappa shape index (κ1) is 13.5. The molecule has 0 heterocycles. The van der Waals surface area contributed by atoms with Crippen molar-refractivity contribution in [1.82, 2.24) is 0 Å². The molecule has 0 unspecified atom stereocenters. The smallest absolute Gasteiger partial charge is 0.274 e. The Morgan fingerprint density at radius 1 is 1.21 bits per heavy atom. The lowest BCUT2D eigenvalue weighted by atomic mass is 10.0. The van der Waals surface area contributed by atoms with Crippen LogP contribution in [0.4, 0.5) is 5.69 Å². The second-order valence-corrected chi connectivity index (χ2v) is 4.53. The van der Waals surface area contributed by atoms with E-state index in [0.29, 0.717) is 10.9 Å². The highest BCUT2D eigenvalue weighted by Crippen LogP contribution is 2.30. The average molecular weight is 322 g/mol. The third-order valence-electron chi connectivity index (χ3n) is 2.83. The molecule has 0 aromatic heterocycles. The van der Waals surface area contributed by atoms with Crippen LogP contribution >= 0.6 is 15.9 Å². The largest absolute Gasteiger partial charge is 0.497 e. The van der Waals surface area contributed by atoms with Crippen molar-refractivity contribution >= 4 is 21.6 Å². The maximum absolute atomic E-state index is 11.0. The molecule has 2 aromatic rings. The van der Waals surface area contributed by atoms with E-state index in [9.17, 15) is 10.1 Å². The Morgan fingerprint density at radius 2 is 1.95 bits per heavy atom. The number of halogens is 1. The molecule has 98 valence electrons. The SMILES string of the molecule is COc1cccc(-c2ccc(CBr)c([N+](=O)[O-])c2)c1. The molecule has 0 spiro atoms. The van der Waals surface area contributed by atoms with Crippen LogP contribution in [0.15, 0.2) is 42.5 Å². The van der Waals surface area contributed by atoms with Gasteiger partial charge in [0.2, 0.25) is 0 Å². The summed E-state index contributed by atoms with van der Waals surface area (Å²) in [4.78, 5) is 10.7. The number of nitro groups is 1. The van der Waals surface area contributed by atoms with Crippen LogP contribution in [0.25, 0.3) is 11.1 Å². The fourth-order valence-corrected chi connectivity index (χ4v) is 2.30. The molecule has 0 radical (unpaired) electrons. The monoisotopic (exact) mass is 321 g/mol. The van der Waals surface area contributed by atoms with Gasteiger partial charge in [0, 0.05) is 17.0 Å². The molecule has 2 rings (SSSR count). The normalized spacial score (nSPS) is 10.2. The fourth-order valence-electron chi connectivity index (χ4n) is 1.83. The van der Waals surface area contributed by atoms with Gasteiger partial charge in [0.25, 0.3) is 5.69 Å². The molecule has 4 nitrogen and oxygen atoms in total. The lowest BCUT2D eigenvalue weighted by molar-refractivity contribution is -0.385. The topological polar surface area (TPSA) is 52.4 Å². The molecular formula is C14H12BrNO3. The number of hydrogen-bond donors (Lipinski definition) is 0. The molecule has 0 fully saturated rings. The zero-order chi connectivity index (χ0) is 13.8. The van der Waals surface area contributed by atoms with Gasteiger partial charge in [-0.15, -0.1) is 0 Å². The third kappa shape index (κ3) is 2.93. The van der Waals surface area contributed by atoms with Crippen molar-refractivity contribution in [3.8, 4) is 16.9 Å². The Bertz CT molecular complexity index is 613. The van der Waals surface area contributed by atoms with Crippen LogP contribution in [0.3, 0.4) is 0 Å². The van der Waals surface area contributed by atoms with Crippen LogP contribution in [0.2, 0.25) is 0 Å². The van der Waals surface area contributed by atoms with E-state index in [2.05, 4.69) is 15.9 Å². The summed E-state index contributed by atoms with van der Waals surface area (Å²) in [7, 11) is 1.59. The maximum Gasteiger partial charge on any atom is 0.274 e. The summed E-state index contributed by atoms with van der Waals surface area (Å²) >= 11 is 3.26. The van der Waals surface area contributed by atoms with Gasteiger partial charge >= 0.3 is 0 Å². The van der Waals surface area contributed by atoms with Gasteiger partial charge in [-0.3, -0.25) is 10.1 Å². The van der Waals surface area contributed by atoms with Gasteiger partial charge in [-0.25, -0.2) is 0 Å². The summed E-state index contributed by atoms with van der Waals surface area (Å²) < 4.78 is 5.16. The van der Waals surface area contributed by atoms with E-state index < -0.39 is 0 Å². The Kier molecular flexibility index (Phi) is 4.16. The molecule has 0 aliphatic rings. The zero-order valence-corrected chi connectivity index (χ0v) is 11.9. The standard InChI is InChI=1S/C14H12BrNO3/c1-19-13-4-2-3-10(7-13)11-5-6-12(9-15)14(8-11)16(17)18/h2-8H,9H2,1H3. The highest BCUT2D eigenvalue weighted by atomic mass is 79.9. The van der Waals surface area contributed by atoms with Crippen molar-refractivity contribution in [1.29, 1.82) is 0 Å². The lowest BCUT2D eigenvalue weighted by Gasteiger charge is -2.06. The van der Waals surface area contributed by atoms with E-state index in [1.165, 1.54) is 0 Å². The van der Waals surface area contributed by atoms with Gasteiger partial charge in [0.05, 0.1) is 12.0 Å². The number of benzene rings is 2. The molecule has 2 aromatic carbocycles. The molecule has 0 N–H and O–H groups in total. The minimum absolute atomic E-state index is 0.122. The van der Waals surface area contributed by atoms with Crippen molar-refractivity contribution < 1.29 is 9.66 Å². The minimum atomic E-state index is -0.361. The predicted octanol–water partition coefficient (Wildman–Crippen LogP) is 4.17. The summed E-state index contributed by atoms with van der Waals surface area (Å²) in [6, 6.07) is 12.7. The van der Waals surface area contributed by atoms with Crippen LogP contribution in [0.1, 0.15) is 5.56 Å². The Balaban J connectivity index is 2.50. The van der Waals surface area contributed by atoms with E-state index in [4.69, 9.17) is 4.74 Å². The molecule has 5 heteroatoms. The van der Waals surface area contributed by atoms with E-state index in [-0.39, 0.29) is 10.6 Å². The molecule has 0 aliphatic carbocycles. The van der Waals surface area contributed by atoms with Crippen molar-refractivity contribution in [3.63, 3.8) is 0 Å². The van der Waals surface area contributed by atoms with Gasteiger partial charge in [-0.1, -0.05) is 40.2 Å². The van der Waals surface area contributed by atoms with Gasteiger partial charge in [-0.2, -0.15) is 0 Å². The number of ether oxygens (including phenoxy) is 1. The number of alkyl halides is 1. The molecule has 19 heavy (non-hydrogen) atoms. The van der Waals surface area contributed by atoms with E-state index in [1.54, 1.807) is 19.2 Å². The number of methoxy groups -OCH3 is 1. The Labute approximate surface area is 119 Å². The first-order chi connectivity index (χ1) is 9.15. The lowest BCUT2D eigenvalue weighted by Crippen LogP contribution is -1.94. The number of hydrogen-bond acceptors (Lipinski definition) is 3. The van der Waals surface area contributed by atoms with Gasteiger partial charge in [-0.05, 0) is 23.3 Å². The van der Waals surface area contributed by atoms with Crippen LogP contribution in [0, 0.1) is 10.1 Å². The molecule has 0 saturated carbocycles. The molecule has 0 aliphatic heterocycles. The minimum Gasteiger partial charge on any atom is -0.497 e. The highest BCUT2D eigenvalue weighted by molar-refractivity contribution is 9.08. The summed E-state index contributed by atoms with van der Waals surface area (Å²) in [5.74, 6) is 0.727. The fraction of sp³-hybridized carbons (Fsp3) is 0.143. The molecule has 0 atom stereocenters. The first-order valence-corrected chi connectivity index (χ1v) is 6.75. The molecular weight excluding hydrogens is 310 g/mol. The summed E-state index contributed by atoms with van der Waals surface area (Å²) in [6.45, 7) is 0. The second kappa shape index (κ2) is 5.84.